The van der Waals surface area contributed by atoms with Crippen LogP contribution in [0.25, 0.3) is 22.6 Å². The Labute approximate surface area is 179 Å². The van der Waals surface area contributed by atoms with Crippen molar-refractivity contribution < 1.29 is 13.9 Å². The monoisotopic (exact) mass is 420 g/mol. The highest BCUT2D eigenvalue weighted by molar-refractivity contribution is 6.33. The average Bonchev–Trinajstić information content (AvgIpc) is 3.10. The predicted molar refractivity (Wildman–Crippen MR) is 119 cm³/mol. The Kier molecular flexibility index (Phi) is 5.46. The van der Waals surface area contributed by atoms with Gasteiger partial charge in [-0.2, -0.15) is 0 Å². The van der Waals surface area contributed by atoms with E-state index in [1.165, 1.54) is 0 Å². The van der Waals surface area contributed by atoms with E-state index in [0.29, 0.717) is 33.5 Å². The minimum absolute atomic E-state index is 0.0942. The third-order valence-electron chi connectivity index (χ3n) is 4.59. The van der Waals surface area contributed by atoms with Crippen molar-refractivity contribution >= 4 is 34.3 Å². The molecule has 6 heteroatoms. The van der Waals surface area contributed by atoms with Gasteiger partial charge in [0.15, 0.2) is 12.2 Å². The molecule has 5 nitrogen and oxygen atoms in total. The molecule has 0 aliphatic heterocycles. The van der Waals surface area contributed by atoms with Crippen LogP contribution >= 0.6 is 11.6 Å². The molecule has 1 aromatic heterocycles. The number of nitrogens with one attached hydrogen (secondary N) is 1. The lowest BCUT2D eigenvalue weighted by Gasteiger charge is -2.10. The molecule has 0 atom stereocenters. The zero-order chi connectivity index (χ0) is 21.3. The standard InChI is InChI=1S/C24H21ClN2O3/c1-14-4-7-22-21(11-14)27-24(30-22)19-12-17(5-6-20(19)25)26-23(28)13-29-18-9-15(2)8-16(3)10-18/h4-12H,13H2,1-3H3,(H,26,28). The summed E-state index contributed by atoms with van der Waals surface area (Å²) in [6.45, 7) is 5.88. The van der Waals surface area contributed by atoms with Crippen molar-refractivity contribution in [2.24, 2.45) is 0 Å². The lowest BCUT2D eigenvalue weighted by molar-refractivity contribution is -0.118. The highest BCUT2D eigenvalue weighted by Gasteiger charge is 2.14. The number of anilines is 1. The molecule has 1 heterocycles. The Hall–Kier alpha value is -3.31. The summed E-state index contributed by atoms with van der Waals surface area (Å²) in [5.74, 6) is 0.806. The topological polar surface area (TPSA) is 64.4 Å². The molecule has 0 saturated heterocycles. The first-order valence-electron chi connectivity index (χ1n) is 9.55. The van der Waals surface area contributed by atoms with Gasteiger partial charge in [-0.15, -0.1) is 0 Å². The number of carbonyl (C=O) groups is 1. The van der Waals surface area contributed by atoms with Crippen molar-refractivity contribution in [2.75, 3.05) is 11.9 Å². The van der Waals surface area contributed by atoms with Crippen LogP contribution in [0.3, 0.4) is 0 Å². The van der Waals surface area contributed by atoms with Crippen molar-refractivity contribution in [1.82, 2.24) is 4.98 Å². The molecule has 1 N–H and O–H groups in total. The number of aryl methyl sites for hydroxylation is 3. The maximum Gasteiger partial charge on any atom is 0.262 e. The molecule has 4 aromatic rings. The second-order valence-electron chi connectivity index (χ2n) is 7.35. The molecule has 3 aromatic carbocycles. The molecule has 0 radical (unpaired) electrons. The quantitative estimate of drug-likeness (QED) is 0.424. The Morgan fingerprint density at radius 2 is 1.77 bits per heavy atom. The van der Waals surface area contributed by atoms with E-state index in [1.807, 2.05) is 51.1 Å². The molecule has 0 fully saturated rings. The van der Waals surface area contributed by atoms with Crippen molar-refractivity contribution in [2.45, 2.75) is 20.8 Å². The fourth-order valence-corrected chi connectivity index (χ4v) is 3.48. The van der Waals surface area contributed by atoms with Crippen molar-refractivity contribution in [3.63, 3.8) is 0 Å². The summed E-state index contributed by atoms with van der Waals surface area (Å²) < 4.78 is 11.5. The van der Waals surface area contributed by atoms with Gasteiger partial charge in [-0.05, 0) is 79.9 Å². The van der Waals surface area contributed by atoms with Crippen LogP contribution in [0.15, 0.2) is 59.0 Å². The van der Waals surface area contributed by atoms with E-state index in [0.717, 1.165) is 22.2 Å². The number of ether oxygens (including phenoxy) is 1. The van der Waals surface area contributed by atoms with Gasteiger partial charge in [0.2, 0.25) is 5.89 Å². The minimum atomic E-state index is -0.268. The van der Waals surface area contributed by atoms with Gasteiger partial charge in [0.25, 0.3) is 5.91 Å². The lowest BCUT2D eigenvalue weighted by Crippen LogP contribution is -2.20. The van der Waals surface area contributed by atoms with E-state index in [4.69, 9.17) is 20.8 Å². The molecule has 0 spiro atoms. The maximum atomic E-state index is 12.4. The maximum absolute atomic E-state index is 12.4. The number of hydrogen-bond donors (Lipinski definition) is 1. The van der Waals surface area contributed by atoms with Gasteiger partial charge in [-0.3, -0.25) is 4.79 Å². The Morgan fingerprint density at radius 3 is 2.53 bits per heavy atom. The van der Waals surface area contributed by atoms with E-state index in [1.54, 1.807) is 18.2 Å². The number of aromatic nitrogens is 1. The Balaban J connectivity index is 1.50. The normalized spacial score (nSPS) is 10.9. The van der Waals surface area contributed by atoms with Gasteiger partial charge in [0.05, 0.1) is 10.6 Å². The van der Waals surface area contributed by atoms with Gasteiger partial charge >= 0.3 is 0 Å². The zero-order valence-corrected chi connectivity index (χ0v) is 17.7. The fraction of sp³-hybridized carbons (Fsp3) is 0.167. The molecule has 4 rings (SSSR count). The van der Waals surface area contributed by atoms with Crippen LogP contribution in [0.2, 0.25) is 5.02 Å². The van der Waals surface area contributed by atoms with E-state index in [-0.39, 0.29) is 12.5 Å². The van der Waals surface area contributed by atoms with Crippen LogP contribution in [0.5, 0.6) is 5.75 Å². The number of hydrogen-bond acceptors (Lipinski definition) is 4. The van der Waals surface area contributed by atoms with E-state index >= 15 is 0 Å². The summed E-state index contributed by atoms with van der Waals surface area (Å²) in [4.78, 5) is 16.9. The van der Waals surface area contributed by atoms with Crippen LogP contribution in [0.1, 0.15) is 16.7 Å². The Bertz CT molecular complexity index is 1230. The number of fused-ring (bicyclic) bond motifs is 1. The summed E-state index contributed by atoms with van der Waals surface area (Å²) in [5.41, 5.74) is 5.90. The molecule has 0 unspecified atom stereocenters. The SMILES string of the molecule is Cc1cc(C)cc(OCC(=O)Nc2ccc(Cl)c(-c3nc4cc(C)ccc4o3)c2)c1. The van der Waals surface area contributed by atoms with Crippen LogP contribution in [0.4, 0.5) is 5.69 Å². The second kappa shape index (κ2) is 8.20. The molecule has 1 amide bonds. The van der Waals surface area contributed by atoms with E-state index in [2.05, 4.69) is 16.4 Å². The van der Waals surface area contributed by atoms with Crippen molar-refractivity contribution in [1.29, 1.82) is 0 Å². The van der Waals surface area contributed by atoms with E-state index in [9.17, 15) is 4.79 Å². The van der Waals surface area contributed by atoms with Gasteiger partial charge in [-0.1, -0.05) is 23.7 Å². The first-order valence-corrected chi connectivity index (χ1v) is 9.93. The third kappa shape index (κ3) is 4.47. The highest BCUT2D eigenvalue weighted by atomic mass is 35.5. The van der Waals surface area contributed by atoms with Gasteiger partial charge in [-0.25, -0.2) is 4.98 Å². The number of rotatable bonds is 5. The number of oxazole rings is 1. The van der Waals surface area contributed by atoms with E-state index < -0.39 is 0 Å². The molecule has 0 saturated carbocycles. The lowest BCUT2D eigenvalue weighted by atomic mass is 10.1. The van der Waals surface area contributed by atoms with Crippen LogP contribution < -0.4 is 10.1 Å². The smallest absolute Gasteiger partial charge is 0.262 e. The Morgan fingerprint density at radius 1 is 1.00 bits per heavy atom. The minimum Gasteiger partial charge on any atom is -0.484 e. The third-order valence-corrected chi connectivity index (χ3v) is 4.92. The summed E-state index contributed by atoms with van der Waals surface area (Å²) >= 11 is 6.36. The number of benzene rings is 3. The zero-order valence-electron chi connectivity index (χ0n) is 17.0. The molecule has 30 heavy (non-hydrogen) atoms. The molecular formula is C24H21ClN2O3. The summed E-state index contributed by atoms with van der Waals surface area (Å²) in [5, 5.41) is 3.32. The number of carbonyl (C=O) groups excluding carboxylic acids is 1. The second-order valence-corrected chi connectivity index (χ2v) is 7.75. The molecule has 0 bridgehead atoms. The van der Waals surface area contributed by atoms with Crippen LogP contribution in [0, 0.1) is 20.8 Å². The summed E-state index contributed by atoms with van der Waals surface area (Å²) in [6.07, 6.45) is 0. The largest absolute Gasteiger partial charge is 0.484 e. The molecule has 0 aliphatic rings. The summed E-state index contributed by atoms with van der Waals surface area (Å²) in [7, 11) is 0. The molecule has 0 aliphatic carbocycles. The predicted octanol–water partition coefficient (Wildman–Crippen LogP) is 6.09. The fourth-order valence-electron chi connectivity index (χ4n) is 3.28. The number of nitrogens with zero attached hydrogens (tertiary/aromatic N) is 1. The number of amides is 1. The molecular weight excluding hydrogens is 400 g/mol. The van der Waals surface area contributed by atoms with Gasteiger partial charge in [0, 0.05) is 5.69 Å². The van der Waals surface area contributed by atoms with Crippen LogP contribution in [-0.2, 0) is 4.79 Å². The van der Waals surface area contributed by atoms with Gasteiger partial charge < -0.3 is 14.5 Å². The summed E-state index contributed by atoms with van der Waals surface area (Å²) in [6, 6.07) is 16.8. The van der Waals surface area contributed by atoms with Crippen molar-refractivity contribution in [3.05, 3.63) is 76.3 Å². The number of halogens is 1. The first kappa shape index (κ1) is 20.0. The average molecular weight is 421 g/mol. The first-order chi connectivity index (χ1) is 14.4. The molecule has 152 valence electrons. The van der Waals surface area contributed by atoms with Gasteiger partial charge in [0.1, 0.15) is 11.3 Å². The highest BCUT2D eigenvalue weighted by Crippen LogP contribution is 2.32. The van der Waals surface area contributed by atoms with Crippen molar-refractivity contribution in [3.8, 4) is 17.2 Å². The van der Waals surface area contributed by atoms with Crippen LogP contribution in [-0.4, -0.2) is 17.5 Å².